The smallest absolute Gasteiger partial charge is 0.119 e. The van der Waals surface area contributed by atoms with Crippen LogP contribution in [0.15, 0.2) is 97.1 Å². The van der Waals surface area contributed by atoms with E-state index >= 15 is 0 Å². The summed E-state index contributed by atoms with van der Waals surface area (Å²) in [4.78, 5) is 0. The normalized spacial score (nSPS) is 16.0. The fourth-order valence-electron chi connectivity index (χ4n) is 8.72. The Bertz CT molecular complexity index is 1790. The first-order valence-corrected chi connectivity index (χ1v) is 18.0. The van der Waals surface area contributed by atoms with Gasteiger partial charge in [-0.05, 0) is 137 Å². The van der Waals surface area contributed by atoms with Crippen molar-refractivity contribution in [3.63, 3.8) is 0 Å². The van der Waals surface area contributed by atoms with E-state index in [1.807, 2.05) is 42.5 Å². The highest BCUT2D eigenvalue weighted by Gasteiger charge is 2.27. The lowest BCUT2D eigenvalue weighted by atomic mass is 9.77. The van der Waals surface area contributed by atoms with Crippen molar-refractivity contribution in [1.29, 1.82) is 0 Å². The molecule has 0 spiro atoms. The molecule has 2 aliphatic rings. The number of phenolic OH excluding ortho intramolecular Hbond substituents is 3. The summed E-state index contributed by atoms with van der Waals surface area (Å²) < 4.78 is 0. The van der Waals surface area contributed by atoms with E-state index in [2.05, 4.69) is 62.4 Å². The minimum absolute atomic E-state index is 0.198. The standard InChI is InChI=1S/C45H48O3/c1-29-35(33-23-25-43(47)40(27-33)31-13-5-3-6-14-31)18-11-20-37(29)45(39-17-9-10-22-42(39)46)38-21-12-19-36(30(38)2)34-24-26-44(48)41(28-34)32-15-7-4-8-16-32/h9-12,17-28,31-32,45-48H,3-8,13-16H2,1-2H3. The van der Waals surface area contributed by atoms with Crippen LogP contribution in [-0.2, 0) is 0 Å². The summed E-state index contributed by atoms with van der Waals surface area (Å²) in [6.07, 6.45) is 11.9. The number of aromatic hydroxyl groups is 3. The van der Waals surface area contributed by atoms with E-state index in [0.717, 1.165) is 75.8 Å². The Morgan fingerprint density at radius 3 is 1.35 bits per heavy atom. The van der Waals surface area contributed by atoms with Crippen LogP contribution >= 0.6 is 0 Å². The van der Waals surface area contributed by atoms with E-state index in [1.54, 1.807) is 6.07 Å². The molecule has 2 aliphatic carbocycles. The lowest BCUT2D eigenvalue weighted by Gasteiger charge is -2.27. The summed E-state index contributed by atoms with van der Waals surface area (Å²) in [6, 6.07) is 33.0. The number of hydrogen-bond acceptors (Lipinski definition) is 3. The molecule has 2 fully saturated rings. The number of rotatable bonds is 7. The van der Waals surface area contributed by atoms with Gasteiger partial charge in [0.15, 0.2) is 0 Å². The minimum atomic E-state index is -0.198. The van der Waals surface area contributed by atoms with Gasteiger partial charge in [0.25, 0.3) is 0 Å². The number of para-hydroxylation sites is 1. The number of hydrogen-bond donors (Lipinski definition) is 3. The topological polar surface area (TPSA) is 60.7 Å². The molecular formula is C45H48O3. The maximum Gasteiger partial charge on any atom is 0.119 e. The van der Waals surface area contributed by atoms with Crippen molar-refractivity contribution < 1.29 is 15.3 Å². The van der Waals surface area contributed by atoms with Crippen LogP contribution in [0.5, 0.6) is 17.2 Å². The molecule has 0 aromatic heterocycles. The summed E-state index contributed by atoms with van der Waals surface area (Å²) >= 11 is 0. The number of phenols is 3. The zero-order chi connectivity index (χ0) is 33.2. The predicted molar refractivity (Wildman–Crippen MR) is 197 cm³/mol. The average molecular weight is 637 g/mol. The summed E-state index contributed by atoms with van der Waals surface area (Å²) in [6.45, 7) is 4.39. The van der Waals surface area contributed by atoms with Crippen LogP contribution in [0.1, 0.15) is 121 Å². The van der Waals surface area contributed by atoms with Crippen LogP contribution in [0.25, 0.3) is 22.3 Å². The molecule has 0 atom stereocenters. The maximum atomic E-state index is 11.3. The molecule has 0 aliphatic heterocycles. The SMILES string of the molecule is Cc1c(-c2ccc(O)c(C3CCCCC3)c2)cccc1C(c1ccccc1O)c1cccc(-c2ccc(O)c(C3CCCCC3)c2)c1C. The monoisotopic (exact) mass is 636 g/mol. The van der Waals surface area contributed by atoms with E-state index in [1.165, 1.54) is 49.7 Å². The van der Waals surface area contributed by atoms with Gasteiger partial charge in [-0.3, -0.25) is 0 Å². The molecule has 0 amide bonds. The van der Waals surface area contributed by atoms with E-state index in [-0.39, 0.29) is 11.7 Å². The highest BCUT2D eigenvalue weighted by atomic mass is 16.3. The van der Waals surface area contributed by atoms with Crippen molar-refractivity contribution in [2.24, 2.45) is 0 Å². The summed E-state index contributed by atoms with van der Waals surface area (Å²) in [5.74, 6) is 1.70. The van der Waals surface area contributed by atoms with Crippen LogP contribution in [0, 0.1) is 13.8 Å². The fourth-order valence-corrected chi connectivity index (χ4v) is 8.72. The van der Waals surface area contributed by atoms with Crippen molar-refractivity contribution in [3.05, 3.63) is 136 Å². The Morgan fingerprint density at radius 1 is 0.458 bits per heavy atom. The van der Waals surface area contributed by atoms with Crippen LogP contribution < -0.4 is 0 Å². The quantitative estimate of drug-likeness (QED) is 0.156. The van der Waals surface area contributed by atoms with Gasteiger partial charge in [-0.1, -0.05) is 105 Å². The summed E-state index contributed by atoms with van der Waals surface area (Å²) in [5, 5.41) is 33.1. The van der Waals surface area contributed by atoms with Gasteiger partial charge < -0.3 is 15.3 Å². The third kappa shape index (κ3) is 6.23. The second-order valence-corrected chi connectivity index (χ2v) is 14.2. The van der Waals surface area contributed by atoms with Crippen LogP contribution in [0.3, 0.4) is 0 Å². The Balaban J connectivity index is 1.34. The van der Waals surface area contributed by atoms with Crippen LogP contribution in [-0.4, -0.2) is 15.3 Å². The summed E-state index contributed by atoms with van der Waals surface area (Å²) in [5.41, 5.74) is 12.2. The largest absolute Gasteiger partial charge is 0.508 e. The van der Waals surface area contributed by atoms with Crippen molar-refractivity contribution in [1.82, 2.24) is 0 Å². The second kappa shape index (κ2) is 13.9. The van der Waals surface area contributed by atoms with Crippen molar-refractivity contribution in [2.75, 3.05) is 0 Å². The summed E-state index contributed by atoms with van der Waals surface area (Å²) in [7, 11) is 0. The Labute approximate surface area is 286 Å². The molecule has 0 radical (unpaired) electrons. The lowest BCUT2D eigenvalue weighted by molar-refractivity contribution is 0.414. The Hall–Kier alpha value is -4.50. The zero-order valence-corrected chi connectivity index (χ0v) is 28.4. The third-order valence-corrected chi connectivity index (χ3v) is 11.4. The molecule has 0 heterocycles. The van der Waals surface area contributed by atoms with Gasteiger partial charge in [-0.15, -0.1) is 0 Å². The lowest BCUT2D eigenvalue weighted by Crippen LogP contribution is -2.09. The third-order valence-electron chi connectivity index (χ3n) is 11.4. The van der Waals surface area contributed by atoms with Gasteiger partial charge in [0.1, 0.15) is 17.2 Å². The first-order valence-electron chi connectivity index (χ1n) is 18.0. The highest BCUT2D eigenvalue weighted by molar-refractivity contribution is 5.74. The minimum Gasteiger partial charge on any atom is -0.508 e. The highest BCUT2D eigenvalue weighted by Crippen LogP contribution is 2.45. The molecule has 2 saturated carbocycles. The van der Waals surface area contributed by atoms with Gasteiger partial charge in [-0.2, -0.15) is 0 Å². The van der Waals surface area contributed by atoms with Crippen molar-refractivity contribution in [2.45, 2.75) is 95.8 Å². The van der Waals surface area contributed by atoms with Crippen molar-refractivity contribution in [3.8, 4) is 39.5 Å². The van der Waals surface area contributed by atoms with E-state index in [4.69, 9.17) is 0 Å². The molecule has 7 rings (SSSR count). The van der Waals surface area contributed by atoms with Crippen LogP contribution in [0.4, 0.5) is 0 Å². The zero-order valence-electron chi connectivity index (χ0n) is 28.4. The van der Waals surface area contributed by atoms with Crippen LogP contribution in [0.2, 0.25) is 0 Å². The van der Waals surface area contributed by atoms with Gasteiger partial charge in [0.2, 0.25) is 0 Å². The molecule has 246 valence electrons. The molecule has 0 saturated heterocycles. The molecule has 3 heteroatoms. The van der Waals surface area contributed by atoms with E-state index in [0.29, 0.717) is 23.3 Å². The average Bonchev–Trinajstić information content (AvgIpc) is 3.12. The van der Waals surface area contributed by atoms with E-state index < -0.39 is 0 Å². The van der Waals surface area contributed by atoms with Gasteiger partial charge in [0.05, 0.1) is 0 Å². The molecule has 5 aromatic rings. The molecule has 0 unspecified atom stereocenters. The first kappa shape index (κ1) is 32.1. The Morgan fingerprint density at radius 2 is 0.896 bits per heavy atom. The molecular weight excluding hydrogens is 588 g/mol. The molecule has 3 N–H and O–H groups in total. The molecule has 0 bridgehead atoms. The molecule has 3 nitrogen and oxygen atoms in total. The predicted octanol–water partition coefficient (Wildman–Crippen LogP) is 12.0. The molecule has 5 aromatic carbocycles. The maximum absolute atomic E-state index is 11.3. The Kier molecular flexibility index (Phi) is 9.30. The van der Waals surface area contributed by atoms with Gasteiger partial charge in [0, 0.05) is 11.5 Å². The number of benzene rings is 5. The fraction of sp³-hybridized carbons (Fsp3) is 0.333. The second-order valence-electron chi connectivity index (χ2n) is 14.2. The first-order chi connectivity index (χ1) is 23.4. The molecule has 48 heavy (non-hydrogen) atoms. The van der Waals surface area contributed by atoms with Crippen molar-refractivity contribution >= 4 is 0 Å². The van der Waals surface area contributed by atoms with Gasteiger partial charge in [-0.25, -0.2) is 0 Å². The van der Waals surface area contributed by atoms with E-state index in [9.17, 15) is 15.3 Å². The van der Waals surface area contributed by atoms with Gasteiger partial charge >= 0.3 is 0 Å².